The summed E-state index contributed by atoms with van der Waals surface area (Å²) in [5, 5.41) is 8.88. The van der Waals surface area contributed by atoms with Gasteiger partial charge >= 0.3 is 167 Å². The Morgan fingerprint density at radius 3 is 2.03 bits per heavy atom. The molecule has 0 aliphatic carbocycles. The monoisotopic (exact) mass is 481 g/mol. The molecule has 2 rings (SSSR count). The number of hydrogen-bond donors (Lipinski definition) is 1. The van der Waals surface area contributed by atoms with Gasteiger partial charge in [0.25, 0.3) is 0 Å². The molecule has 29 heavy (non-hydrogen) atoms. The number of aromatic carboxylic acids is 1. The van der Waals surface area contributed by atoms with Crippen molar-refractivity contribution in [2.75, 3.05) is 6.61 Å². The fourth-order valence-corrected chi connectivity index (χ4v) is 3.97. The second-order valence-electron chi connectivity index (χ2n) is 5.74. The number of ketones is 1. The van der Waals surface area contributed by atoms with Gasteiger partial charge in [-0.05, 0) is 0 Å². The van der Waals surface area contributed by atoms with Crippen LogP contribution in [-0.2, 0) is 17.1 Å². The first-order valence-electron chi connectivity index (χ1n) is 7.81. The van der Waals surface area contributed by atoms with Crippen LogP contribution in [0.1, 0.15) is 21.5 Å². The summed E-state index contributed by atoms with van der Waals surface area (Å²) in [4.78, 5) is 22.8. The van der Waals surface area contributed by atoms with Crippen LogP contribution in [0.15, 0.2) is 42.5 Å². The third-order valence-electron chi connectivity index (χ3n) is 3.49. The summed E-state index contributed by atoms with van der Waals surface area (Å²) in [6.07, 6.45) is -10.0. The van der Waals surface area contributed by atoms with Gasteiger partial charge in [-0.3, -0.25) is 0 Å². The van der Waals surface area contributed by atoms with Gasteiger partial charge < -0.3 is 0 Å². The molecule has 155 valence electrons. The predicted octanol–water partition coefficient (Wildman–Crippen LogP) is 3.82. The summed E-state index contributed by atoms with van der Waals surface area (Å²) in [5.41, 5.74) is -3.02. The van der Waals surface area contributed by atoms with Crippen LogP contribution >= 0.6 is 0 Å². The van der Waals surface area contributed by atoms with Crippen molar-refractivity contribution >= 4 is 31.9 Å². The van der Waals surface area contributed by atoms with Gasteiger partial charge in [0, 0.05) is 0 Å². The van der Waals surface area contributed by atoms with Crippen molar-refractivity contribution in [3.05, 3.63) is 59.2 Å². The molecule has 0 bridgehead atoms. The van der Waals surface area contributed by atoms with E-state index in [4.69, 9.17) is 9.84 Å². The van der Waals surface area contributed by atoms with Gasteiger partial charge in [0.15, 0.2) is 0 Å². The van der Waals surface area contributed by atoms with Crippen molar-refractivity contribution < 1.29 is 45.8 Å². The van der Waals surface area contributed by atoms with E-state index >= 15 is 0 Å². The number of halogens is 6. The molecule has 0 atom stereocenters. The van der Waals surface area contributed by atoms with Crippen molar-refractivity contribution in [2.24, 2.45) is 0 Å². The summed E-state index contributed by atoms with van der Waals surface area (Å²) in [6.45, 7) is -0.702. The molecule has 0 spiro atoms. The quantitative estimate of drug-likeness (QED) is 0.483. The van der Waals surface area contributed by atoms with Crippen molar-refractivity contribution in [1.29, 1.82) is 0 Å². The predicted molar refractivity (Wildman–Crippen MR) is 90.5 cm³/mol. The molecule has 0 fully saturated rings. The first-order valence-corrected chi connectivity index (χ1v) is 10.1. The van der Waals surface area contributed by atoms with E-state index in [9.17, 15) is 35.9 Å². The summed E-state index contributed by atoms with van der Waals surface area (Å²) in [7, 11) is 0. The standard InChI is InChI=1S/C18H12AsF6O4/c20-17(21,22)11-5-12(18(23,24)25)7-15(6-11)29-9-14(26)8-19-13-3-1-2-10(4-13)16(27)28/h1-7H,8-9H2,(H,27,28). The fourth-order valence-electron chi connectivity index (χ4n) is 2.14. The van der Waals surface area contributed by atoms with Crippen molar-refractivity contribution in [3.8, 4) is 5.75 Å². The SMILES string of the molecule is O=C(COc1cc(C(F)(F)F)cc(C(F)(F)F)c1)C[As]c1cccc(C(=O)O)c1. The molecule has 2 aromatic rings. The third-order valence-corrected chi connectivity index (χ3v) is 5.91. The molecule has 0 unspecified atom stereocenters. The molecule has 0 saturated carbocycles. The first-order chi connectivity index (χ1) is 13.4. The number of Topliss-reactive ketones (excluding diaryl/α,β-unsaturated/α-hetero) is 1. The van der Waals surface area contributed by atoms with Crippen LogP contribution in [0.5, 0.6) is 5.75 Å². The topological polar surface area (TPSA) is 63.6 Å². The van der Waals surface area contributed by atoms with E-state index in [0.717, 1.165) is 0 Å². The van der Waals surface area contributed by atoms with Gasteiger partial charge in [-0.25, -0.2) is 0 Å². The zero-order valence-electron chi connectivity index (χ0n) is 14.3. The minimum atomic E-state index is -5.01. The van der Waals surface area contributed by atoms with Gasteiger partial charge in [0.1, 0.15) is 0 Å². The number of hydrogen-bond acceptors (Lipinski definition) is 3. The average molecular weight is 481 g/mol. The van der Waals surface area contributed by atoms with Crippen LogP contribution in [0.3, 0.4) is 0 Å². The van der Waals surface area contributed by atoms with Gasteiger partial charge in [0.2, 0.25) is 0 Å². The zero-order chi connectivity index (χ0) is 21.8. The van der Waals surface area contributed by atoms with E-state index in [2.05, 4.69) is 0 Å². The Kier molecular flexibility index (Phi) is 7.00. The molecule has 0 aliphatic heterocycles. The first kappa shape index (κ1) is 22.8. The van der Waals surface area contributed by atoms with E-state index in [0.29, 0.717) is 16.5 Å². The minimum absolute atomic E-state index is 0.0329. The van der Waals surface area contributed by atoms with E-state index < -0.39 is 63.3 Å². The molecular weight excluding hydrogens is 469 g/mol. The maximum atomic E-state index is 12.8. The number of carboxylic acids is 1. The number of rotatable bonds is 7. The van der Waals surface area contributed by atoms with Gasteiger partial charge in [-0.1, -0.05) is 0 Å². The molecule has 0 amide bonds. The summed E-state index contributed by atoms with van der Waals surface area (Å²) in [5.74, 6) is -2.38. The second-order valence-corrected chi connectivity index (χ2v) is 8.15. The Morgan fingerprint density at radius 2 is 1.52 bits per heavy atom. The Bertz CT molecular complexity index is 876. The van der Waals surface area contributed by atoms with Crippen LogP contribution in [0.4, 0.5) is 26.3 Å². The van der Waals surface area contributed by atoms with Crippen molar-refractivity contribution in [1.82, 2.24) is 0 Å². The van der Waals surface area contributed by atoms with Crippen LogP contribution in [0.25, 0.3) is 0 Å². The Balaban J connectivity index is 2.04. The summed E-state index contributed by atoms with van der Waals surface area (Å²) >= 11 is -0.782. The Morgan fingerprint density at radius 1 is 0.931 bits per heavy atom. The number of carbonyl (C=O) groups is 2. The Hall–Kier alpha value is -2.48. The normalized spacial score (nSPS) is 12.3. The second kappa shape index (κ2) is 8.90. The number of ether oxygens (including phenoxy) is 1. The van der Waals surface area contributed by atoms with Crippen LogP contribution in [-0.4, -0.2) is 39.2 Å². The Labute approximate surface area is 167 Å². The molecule has 1 N–H and O–H groups in total. The average Bonchev–Trinajstić information content (AvgIpc) is 2.63. The van der Waals surface area contributed by atoms with Crippen molar-refractivity contribution in [2.45, 2.75) is 17.6 Å². The van der Waals surface area contributed by atoms with Crippen LogP contribution in [0, 0.1) is 0 Å². The van der Waals surface area contributed by atoms with Crippen LogP contribution in [0.2, 0.25) is 5.21 Å². The van der Waals surface area contributed by atoms with E-state index in [1.54, 1.807) is 6.07 Å². The summed E-state index contributed by atoms with van der Waals surface area (Å²) in [6, 6.07) is 6.68. The molecule has 2 aromatic carbocycles. The van der Waals surface area contributed by atoms with E-state index in [-0.39, 0.29) is 16.8 Å². The zero-order valence-corrected chi connectivity index (χ0v) is 16.2. The maximum absolute atomic E-state index is 12.8. The fraction of sp³-hybridized carbons (Fsp3) is 0.222. The molecule has 0 saturated heterocycles. The molecule has 1 radical (unpaired) electrons. The molecular formula is C18H12AsF6O4. The van der Waals surface area contributed by atoms with E-state index in [1.807, 2.05) is 0 Å². The number of alkyl halides is 6. The molecule has 0 heterocycles. The van der Waals surface area contributed by atoms with Gasteiger partial charge in [-0.2, -0.15) is 0 Å². The van der Waals surface area contributed by atoms with Crippen LogP contribution < -0.4 is 9.09 Å². The van der Waals surface area contributed by atoms with E-state index in [1.165, 1.54) is 18.2 Å². The summed E-state index contributed by atoms with van der Waals surface area (Å²) < 4.78 is 82.3. The molecule has 0 aromatic heterocycles. The number of carbonyl (C=O) groups excluding carboxylic acids is 1. The van der Waals surface area contributed by atoms with Gasteiger partial charge in [-0.15, -0.1) is 0 Å². The molecule has 11 heteroatoms. The van der Waals surface area contributed by atoms with Gasteiger partial charge in [0.05, 0.1) is 0 Å². The number of benzene rings is 2. The number of carboxylic acid groups (broad SMARTS) is 1. The van der Waals surface area contributed by atoms with Crippen molar-refractivity contribution in [3.63, 3.8) is 0 Å². The molecule has 0 aliphatic rings. The third kappa shape index (κ3) is 6.81. The molecule has 4 nitrogen and oxygen atoms in total.